The maximum atomic E-state index is 6.76. The summed E-state index contributed by atoms with van der Waals surface area (Å²) in [5.74, 6) is 0. The highest BCUT2D eigenvalue weighted by molar-refractivity contribution is 6.20. The van der Waals surface area contributed by atoms with Gasteiger partial charge in [0.25, 0.3) is 0 Å². The molecular weight excluding hydrogens is 757 g/mol. The number of furan rings is 2. The molecule has 0 amide bonds. The third-order valence-corrected chi connectivity index (χ3v) is 12.6. The third-order valence-electron chi connectivity index (χ3n) is 12.6. The summed E-state index contributed by atoms with van der Waals surface area (Å²) in [7, 11) is 0. The lowest BCUT2D eigenvalue weighted by Gasteiger charge is -2.28. The Balaban J connectivity index is 1.01. The lowest BCUT2D eigenvalue weighted by atomic mass is 9.98. The predicted molar refractivity (Wildman–Crippen MR) is 258 cm³/mol. The standard InChI is InChI=1S/C58H36N2O2/c1-2-17-42-38(14-1)32-35-49-56-53(27-13-29-55(56)62-57(42)49)59(52-26-9-5-20-45(52)47-22-12-23-48-46-21-6-10-28-54(46)61-58(47)48)40-33-30-37(31-34-40)39-15-11-16-41(36-39)60-50-24-7-3-18-43(50)44-19-4-8-25-51(44)60/h1-36H. The van der Waals surface area contributed by atoms with Gasteiger partial charge < -0.3 is 18.3 Å². The van der Waals surface area contributed by atoms with Crippen LogP contribution in [0.4, 0.5) is 17.1 Å². The monoisotopic (exact) mass is 792 g/mol. The summed E-state index contributed by atoms with van der Waals surface area (Å²) in [6, 6.07) is 77.9. The number of fused-ring (bicyclic) bond motifs is 11. The Morgan fingerprint density at radius 2 is 0.968 bits per heavy atom. The summed E-state index contributed by atoms with van der Waals surface area (Å²) >= 11 is 0. The van der Waals surface area contributed by atoms with Gasteiger partial charge in [-0.05, 0) is 83.2 Å². The van der Waals surface area contributed by atoms with E-state index in [0.717, 1.165) is 99.7 Å². The molecule has 0 aliphatic carbocycles. The smallest absolute Gasteiger partial charge is 0.143 e. The first-order chi connectivity index (χ1) is 30.8. The number of hydrogen-bond donors (Lipinski definition) is 0. The summed E-state index contributed by atoms with van der Waals surface area (Å²) in [5, 5.41) is 9.11. The Hall–Kier alpha value is -8.34. The highest BCUT2D eigenvalue weighted by atomic mass is 16.3. The molecule has 4 nitrogen and oxygen atoms in total. The van der Waals surface area contributed by atoms with Gasteiger partial charge in [0.1, 0.15) is 22.3 Å². The zero-order valence-corrected chi connectivity index (χ0v) is 33.5. The molecule has 3 heterocycles. The minimum absolute atomic E-state index is 0.842. The molecule has 0 saturated carbocycles. The van der Waals surface area contributed by atoms with Crippen LogP contribution >= 0.6 is 0 Å². The van der Waals surface area contributed by atoms with E-state index in [4.69, 9.17) is 8.83 Å². The highest BCUT2D eigenvalue weighted by Crippen LogP contribution is 2.48. The Bertz CT molecular complexity index is 3830. The van der Waals surface area contributed by atoms with E-state index in [1.54, 1.807) is 0 Å². The summed E-state index contributed by atoms with van der Waals surface area (Å²) in [4.78, 5) is 2.39. The SMILES string of the molecule is c1cc(-c2ccc(N(c3ccccc3-c3cccc4c3oc3ccccc34)c3cccc4oc5c6ccccc6ccc5c34)cc2)cc(-n2c3ccccc3c3ccccc32)c1. The molecule has 0 fully saturated rings. The minimum Gasteiger partial charge on any atom is -0.455 e. The fourth-order valence-electron chi connectivity index (χ4n) is 9.81. The van der Waals surface area contributed by atoms with Crippen molar-refractivity contribution in [1.82, 2.24) is 4.57 Å². The zero-order valence-electron chi connectivity index (χ0n) is 33.5. The van der Waals surface area contributed by atoms with Crippen LogP contribution in [0.3, 0.4) is 0 Å². The molecular formula is C58H36N2O2. The van der Waals surface area contributed by atoms with Crippen LogP contribution in [0, 0.1) is 0 Å². The molecule has 0 bridgehead atoms. The Kier molecular flexibility index (Phi) is 7.57. The molecule has 0 spiro atoms. The Morgan fingerprint density at radius 1 is 0.355 bits per heavy atom. The van der Waals surface area contributed by atoms with Crippen LogP contribution in [0.5, 0.6) is 0 Å². The average Bonchev–Trinajstić information content (AvgIpc) is 4.03. The molecule has 0 unspecified atom stereocenters. The van der Waals surface area contributed by atoms with Gasteiger partial charge in [-0.2, -0.15) is 0 Å². The second-order valence-electron chi connectivity index (χ2n) is 16.0. The second kappa shape index (κ2) is 13.6. The van der Waals surface area contributed by atoms with E-state index >= 15 is 0 Å². The van der Waals surface area contributed by atoms with Gasteiger partial charge in [0.15, 0.2) is 0 Å². The van der Waals surface area contributed by atoms with Crippen LogP contribution in [0.2, 0.25) is 0 Å². The molecule has 62 heavy (non-hydrogen) atoms. The van der Waals surface area contributed by atoms with E-state index < -0.39 is 0 Å². The maximum absolute atomic E-state index is 6.76. The first-order valence-electron chi connectivity index (χ1n) is 21.1. The zero-order chi connectivity index (χ0) is 40.7. The van der Waals surface area contributed by atoms with E-state index in [1.807, 2.05) is 12.1 Å². The minimum atomic E-state index is 0.842. The topological polar surface area (TPSA) is 34.5 Å². The number of para-hydroxylation sites is 5. The van der Waals surface area contributed by atoms with Gasteiger partial charge in [-0.25, -0.2) is 0 Å². The van der Waals surface area contributed by atoms with E-state index in [-0.39, 0.29) is 0 Å². The normalized spacial score (nSPS) is 11.9. The fraction of sp³-hybridized carbons (Fsp3) is 0. The van der Waals surface area contributed by atoms with Gasteiger partial charge in [-0.3, -0.25) is 0 Å². The van der Waals surface area contributed by atoms with Crippen molar-refractivity contribution in [2.24, 2.45) is 0 Å². The third kappa shape index (κ3) is 5.20. The van der Waals surface area contributed by atoms with Gasteiger partial charge >= 0.3 is 0 Å². The van der Waals surface area contributed by atoms with Crippen LogP contribution in [-0.4, -0.2) is 4.57 Å². The van der Waals surface area contributed by atoms with Crippen molar-refractivity contribution in [3.05, 3.63) is 218 Å². The fourth-order valence-corrected chi connectivity index (χ4v) is 9.81. The van der Waals surface area contributed by atoms with E-state index in [9.17, 15) is 0 Å². The summed E-state index contributed by atoms with van der Waals surface area (Å²) in [5.41, 5.74) is 14.5. The van der Waals surface area contributed by atoms with Crippen molar-refractivity contribution < 1.29 is 8.83 Å². The van der Waals surface area contributed by atoms with Gasteiger partial charge in [0.05, 0.1) is 27.8 Å². The summed E-state index contributed by atoms with van der Waals surface area (Å²) in [6.45, 7) is 0. The summed E-state index contributed by atoms with van der Waals surface area (Å²) in [6.07, 6.45) is 0. The first-order valence-corrected chi connectivity index (χ1v) is 21.1. The van der Waals surface area contributed by atoms with Crippen molar-refractivity contribution >= 4 is 93.5 Å². The van der Waals surface area contributed by atoms with Crippen LogP contribution in [-0.2, 0) is 0 Å². The number of benzene rings is 10. The van der Waals surface area contributed by atoms with Crippen LogP contribution in [0.1, 0.15) is 0 Å². The molecule has 10 aromatic carbocycles. The number of anilines is 3. The van der Waals surface area contributed by atoms with Crippen LogP contribution < -0.4 is 4.90 Å². The molecule has 13 aromatic rings. The Morgan fingerprint density at radius 3 is 1.81 bits per heavy atom. The van der Waals surface area contributed by atoms with Crippen molar-refractivity contribution in [2.75, 3.05) is 4.90 Å². The van der Waals surface area contributed by atoms with Gasteiger partial charge in [-0.1, -0.05) is 152 Å². The van der Waals surface area contributed by atoms with Crippen molar-refractivity contribution in [2.45, 2.75) is 0 Å². The van der Waals surface area contributed by atoms with E-state index in [1.165, 1.54) is 21.8 Å². The lowest BCUT2D eigenvalue weighted by molar-refractivity contribution is 0.670. The molecule has 0 radical (unpaired) electrons. The Labute approximate surface area is 356 Å². The number of hydrogen-bond acceptors (Lipinski definition) is 3. The van der Waals surface area contributed by atoms with Gasteiger partial charge in [0.2, 0.25) is 0 Å². The van der Waals surface area contributed by atoms with E-state index in [0.29, 0.717) is 0 Å². The predicted octanol–water partition coefficient (Wildman–Crippen LogP) is 16.5. The second-order valence-corrected chi connectivity index (χ2v) is 16.0. The molecule has 0 aliphatic rings. The maximum Gasteiger partial charge on any atom is 0.143 e. The highest BCUT2D eigenvalue weighted by Gasteiger charge is 2.24. The average molecular weight is 793 g/mol. The quantitative estimate of drug-likeness (QED) is 0.168. The van der Waals surface area contributed by atoms with Gasteiger partial charge in [-0.15, -0.1) is 0 Å². The number of nitrogens with zero attached hydrogens (tertiary/aromatic N) is 2. The van der Waals surface area contributed by atoms with Crippen molar-refractivity contribution in [1.29, 1.82) is 0 Å². The van der Waals surface area contributed by atoms with Gasteiger partial charge in [0, 0.05) is 54.8 Å². The van der Waals surface area contributed by atoms with Crippen LogP contribution in [0.25, 0.3) is 104 Å². The molecule has 0 aliphatic heterocycles. The number of rotatable bonds is 6. The molecule has 0 saturated heterocycles. The molecule has 13 rings (SSSR count). The van der Waals surface area contributed by atoms with E-state index in [2.05, 4.69) is 216 Å². The molecule has 0 N–H and O–H groups in total. The van der Waals surface area contributed by atoms with Crippen molar-refractivity contribution in [3.8, 4) is 27.9 Å². The summed E-state index contributed by atoms with van der Waals surface area (Å²) < 4.78 is 15.8. The molecule has 0 atom stereocenters. The van der Waals surface area contributed by atoms with Crippen LogP contribution in [0.15, 0.2) is 227 Å². The molecule has 290 valence electrons. The largest absolute Gasteiger partial charge is 0.455 e. The lowest BCUT2D eigenvalue weighted by Crippen LogP contribution is -2.11. The first kappa shape index (κ1) is 34.5. The van der Waals surface area contributed by atoms with Crippen molar-refractivity contribution in [3.63, 3.8) is 0 Å². The molecule has 4 heteroatoms. The molecule has 3 aromatic heterocycles. The number of aromatic nitrogens is 1.